The number of hydrogen-bond donors (Lipinski definition) is 0. The Morgan fingerprint density at radius 1 is 1.24 bits per heavy atom. The van der Waals surface area contributed by atoms with Gasteiger partial charge in [-0.15, -0.1) is 5.10 Å². The molecule has 49 heavy (non-hydrogen) atoms. The molecule has 2 saturated heterocycles. The van der Waals surface area contributed by atoms with Crippen LogP contribution in [0.25, 0.3) is 27.6 Å². The lowest BCUT2D eigenvalue weighted by Crippen LogP contribution is -2.67. The number of alkyl halides is 4. The number of nitrogens with zero attached hydrogens (tertiary/aromatic N) is 9. The molecule has 5 heterocycles. The summed E-state index contributed by atoms with van der Waals surface area (Å²) in [5.41, 5.74) is -1.92. The molecular formula is C33H34ClF4N9O2. The minimum atomic E-state index is -4.95. The molecule has 2 atom stereocenters. The Morgan fingerprint density at radius 3 is 2.63 bits per heavy atom. The second-order valence-electron chi connectivity index (χ2n) is 13.0. The van der Waals surface area contributed by atoms with Crippen molar-refractivity contribution in [1.29, 1.82) is 5.26 Å². The first-order chi connectivity index (χ1) is 23.2. The predicted octanol–water partition coefficient (Wildman–Crippen LogP) is 5.22. The quantitative estimate of drug-likeness (QED) is 0.191. The Labute approximate surface area is 283 Å². The van der Waals surface area contributed by atoms with E-state index < -0.39 is 42.1 Å². The van der Waals surface area contributed by atoms with Crippen LogP contribution >= 0.6 is 11.6 Å². The standard InChI is InChI=1S/C33H34ClF4N9O2/c1-19-23(34)7-5-8-24(19)46-25(33(36,37)38)16-22-27(31(46)49)40-30(44-17-32(2,18-44)43(3)4)28-29(22)47(42-41-28)21-11-14-45(20(15-21)10-13-39)26(48)9-6-12-35/h5-9,16,20-21H,10-12,14-15,17-18H2,1-4H3/b9-6+/t20-,21+/m1/s1. The number of halogens is 5. The number of pyridine rings is 2. The Hall–Kier alpha value is -4.55. The van der Waals surface area contributed by atoms with Crippen LogP contribution in [0.15, 0.2) is 41.2 Å². The number of allylic oxidation sites excluding steroid dienone is 1. The van der Waals surface area contributed by atoms with Crippen molar-refractivity contribution in [2.24, 2.45) is 0 Å². The molecular weight excluding hydrogens is 666 g/mol. The third-order valence-corrected chi connectivity index (χ3v) is 10.2. The third kappa shape index (κ3) is 5.90. The highest BCUT2D eigenvalue weighted by atomic mass is 35.5. The monoisotopic (exact) mass is 699 g/mol. The van der Waals surface area contributed by atoms with E-state index in [4.69, 9.17) is 16.6 Å². The van der Waals surface area contributed by atoms with Gasteiger partial charge in [0.1, 0.15) is 23.4 Å². The van der Waals surface area contributed by atoms with Crippen molar-refractivity contribution in [3.05, 3.63) is 63.1 Å². The minimum Gasteiger partial charge on any atom is -0.351 e. The molecule has 4 aromatic rings. The molecule has 3 aromatic heterocycles. The number of benzene rings is 1. The second-order valence-corrected chi connectivity index (χ2v) is 13.4. The zero-order chi connectivity index (χ0) is 35.4. The number of carbonyl (C=O) groups excluding carboxylic acids is 1. The molecule has 258 valence electrons. The minimum absolute atomic E-state index is 0.0231. The fraction of sp³-hybridized carbons (Fsp3) is 0.455. The van der Waals surface area contributed by atoms with Crippen LogP contribution in [0.2, 0.25) is 5.02 Å². The first-order valence-corrected chi connectivity index (χ1v) is 16.1. The fourth-order valence-electron chi connectivity index (χ4n) is 6.80. The molecule has 0 saturated carbocycles. The number of likely N-dealkylation sites (N-methyl/N-ethyl adjacent to an activating group) is 1. The van der Waals surface area contributed by atoms with Gasteiger partial charge in [0.2, 0.25) is 5.91 Å². The lowest BCUT2D eigenvalue weighted by atomic mass is 9.90. The van der Waals surface area contributed by atoms with Gasteiger partial charge < -0.3 is 14.7 Å². The van der Waals surface area contributed by atoms with Crippen molar-refractivity contribution >= 4 is 45.3 Å². The number of fused-ring (bicyclic) bond motifs is 3. The fourth-order valence-corrected chi connectivity index (χ4v) is 6.97. The average Bonchev–Trinajstić information content (AvgIpc) is 3.49. The highest BCUT2D eigenvalue weighted by Gasteiger charge is 2.44. The van der Waals surface area contributed by atoms with Gasteiger partial charge in [0, 0.05) is 42.2 Å². The van der Waals surface area contributed by atoms with E-state index in [1.54, 1.807) is 6.92 Å². The summed E-state index contributed by atoms with van der Waals surface area (Å²) in [6.45, 7) is 4.00. The number of aromatic nitrogens is 5. The molecule has 2 aliphatic heterocycles. The van der Waals surface area contributed by atoms with Gasteiger partial charge in [0.25, 0.3) is 5.56 Å². The van der Waals surface area contributed by atoms with Gasteiger partial charge in [-0.3, -0.25) is 14.2 Å². The SMILES string of the molecule is Cc1c(Cl)cccc1-n1c(C(F)(F)F)cc2c(nc(N3CC(C)(N(C)C)C3)c3nnn([C@H]4CCN(C(=O)/C=C/CF)[C@H](CC#N)C4)c32)c1=O. The summed E-state index contributed by atoms with van der Waals surface area (Å²) in [7, 11) is 3.90. The van der Waals surface area contributed by atoms with Gasteiger partial charge >= 0.3 is 6.18 Å². The average molecular weight is 700 g/mol. The number of likely N-dealkylation sites (tertiary alicyclic amines) is 1. The molecule has 2 aliphatic rings. The molecule has 6 rings (SSSR count). The van der Waals surface area contributed by atoms with Gasteiger partial charge in [0.15, 0.2) is 11.3 Å². The van der Waals surface area contributed by atoms with E-state index in [0.29, 0.717) is 35.5 Å². The number of piperidine rings is 1. The van der Waals surface area contributed by atoms with E-state index in [9.17, 15) is 32.4 Å². The van der Waals surface area contributed by atoms with E-state index in [1.807, 2.05) is 19.0 Å². The lowest BCUT2D eigenvalue weighted by molar-refractivity contribution is -0.142. The third-order valence-electron chi connectivity index (χ3n) is 9.77. The van der Waals surface area contributed by atoms with Crippen molar-refractivity contribution < 1.29 is 22.4 Å². The summed E-state index contributed by atoms with van der Waals surface area (Å²) in [6, 6.07) is 6.35. The molecule has 1 amide bonds. The van der Waals surface area contributed by atoms with Crippen molar-refractivity contribution in [2.75, 3.05) is 45.3 Å². The Bertz CT molecular complexity index is 2080. The normalized spacial score (nSPS) is 19.6. The highest BCUT2D eigenvalue weighted by Crippen LogP contribution is 2.40. The van der Waals surface area contributed by atoms with Crippen LogP contribution in [0.3, 0.4) is 0 Å². The first-order valence-electron chi connectivity index (χ1n) is 15.7. The molecule has 0 unspecified atom stereocenters. The number of carbonyl (C=O) groups is 1. The summed E-state index contributed by atoms with van der Waals surface area (Å²) in [5, 5.41) is 18.5. The van der Waals surface area contributed by atoms with E-state index in [1.165, 1.54) is 27.8 Å². The van der Waals surface area contributed by atoms with Crippen LogP contribution in [-0.4, -0.2) is 92.2 Å². The van der Waals surface area contributed by atoms with Crippen molar-refractivity contribution in [1.82, 2.24) is 34.3 Å². The van der Waals surface area contributed by atoms with Gasteiger partial charge in [-0.05, 0) is 70.6 Å². The maximum Gasteiger partial charge on any atom is 0.431 e. The zero-order valence-corrected chi connectivity index (χ0v) is 28.1. The summed E-state index contributed by atoms with van der Waals surface area (Å²) in [5.74, 6) is -0.123. The molecule has 16 heteroatoms. The molecule has 0 N–H and O–H groups in total. The Balaban J connectivity index is 1.59. The molecule has 1 aromatic carbocycles. The Morgan fingerprint density at radius 2 is 1.98 bits per heavy atom. The van der Waals surface area contributed by atoms with Crippen molar-refractivity contribution in [3.8, 4) is 11.8 Å². The summed E-state index contributed by atoms with van der Waals surface area (Å²) >= 11 is 6.30. The molecule has 0 radical (unpaired) electrons. The van der Waals surface area contributed by atoms with Gasteiger partial charge in [-0.1, -0.05) is 22.9 Å². The van der Waals surface area contributed by atoms with Gasteiger partial charge in [-0.25, -0.2) is 14.1 Å². The van der Waals surface area contributed by atoms with E-state index >= 15 is 0 Å². The van der Waals surface area contributed by atoms with Crippen LogP contribution in [-0.2, 0) is 11.0 Å². The molecule has 0 spiro atoms. The maximum atomic E-state index is 14.9. The van der Waals surface area contributed by atoms with E-state index in [-0.39, 0.29) is 57.6 Å². The summed E-state index contributed by atoms with van der Waals surface area (Å²) < 4.78 is 59.5. The maximum absolute atomic E-state index is 14.9. The number of nitriles is 1. The summed E-state index contributed by atoms with van der Waals surface area (Å²) in [6.07, 6.45) is -2.20. The largest absolute Gasteiger partial charge is 0.431 e. The topological polar surface area (TPSA) is 116 Å². The molecule has 11 nitrogen and oxygen atoms in total. The second kappa shape index (κ2) is 12.7. The number of hydrogen-bond acceptors (Lipinski definition) is 8. The first kappa shape index (κ1) is 34.3. The van der Waals surface area contributed by atoms with E-state index in [0.717, 1.165) is 18.2 Å². The Kier molecular flexibility index (Phi) is 8.91. The summed E-state index contributed by atoms with van der Waals surface area (Å²) in [4.78, 5) is 37.3. The van der Waals surface area contributed by atoms with E-state index in [2.05, 4.69) is 28.2 Å². The van der Waals surface area contributed by atoms with Crippen LogP contribution in [0.1, 0.15) is 43.5 Å². The molecule has 2 fully saturated rings. The van der Waals surface area contributed by atoms with Crippen molar-refractivity contribution in [3.63, 3.8) is 0 Å². The van der Waals surface area contributed by atoms with Crippen LogP contribution in [0.5, 0.6) is 0 Å². The zero-order valence-electron chi connectivity index (χ0n) is 27.3. The number of anilines is 1. The number of amides is 1. The lowest BCUT2D eigenvalue weighted by Gasteiger charge is -2.52. The van der Waals surface area contributed by atoms with Crippen molar-refractivity contribution in [2.45, 2.75) is 56.9 Å². The molecule has 0 aliphatic carbocycles. The molecule has 0 bridgehead atoms. The van der Waals surface area contributed by atoms with Gasteiger partial charge in [0.05, 0.1) is 29.8 Å². The van der Waals surface area contributed by atoms with Gasteiger partial charge in [-0.2, -0.15) is 18.4 Å². The van der Waals surface area contributed by atoms with Crippen LogP contribution in [0, 0.1) is 18.3 Å². The smallest absolute Gasteiger partial charge is 0.351 e. The van der Waals surface area contributed by atoms with Crippen LogP contribution in [0.4, 0.5) is 23.4 Å². The van der Waals surface area contributed by atoms with Crippen LogP contribution < -0.4 is 10.5 Å². The number of rotatable bonds is 7. The highest BCUT2D eigenvalue weighted by molar-refractivity contribution is 6.31. The predicted molar refractivity (Wildman–Crippen MR) is 177 cm³/mol.